The molecule has 1 heterocycles. The standard InChI is InChI=1S/C20H27N3/c1-13-22-18-7-2-3-8-20(18)23(13)10-9-21-19-12-14-11-17(19)16-6-4-5-15(14)16/h2-3,7-8,14-17,19,21H,4-6,9-12H2,1H3/t14-,15+,16-,17+,19-/m1/s1. The topological polar surface area (TPSA) is 29.9 Å². The van der Waals surface area contributed by atoms with Gasteiger partial charge in [-0.1, -0.05) is 18.6 Å². The lowest BCUT2D eigenvalue weighted by molar-refractivity contribution is 0.208. The summed E-state index contributed by atoms with van der Waals surface area (Å²) in [6.07, 6.45) is 7.48. The van der Waals surface area contributed by atoms with E-state index in [1.807, 2.05) is 0 Å². The van der Waals surface area contributed by atoms with Crippen LogP contribution in [-0.2, 0) is 6.54 Å². The van der Waals surface area contributed by atoms with Gasteiger partial charge in [0.05, 0.1) is 11.0 Å². The molecular formula is C20H27N3. The van der Waals surface area contributed by atoms with Crippen molar-refractivity contribution >= 4 is 11.0 Å². The highest BCUT2D eigenvalue weighted by molar-refractivity contribution is 5.75. The van der Waals surface area contributed by atoms with Crippen molar-refractivity contribution in [3.8, 4) is 0 Å². The molecule has 0 amide bonds. The van der Waals surface area contributed by atoms with E-state index < -0.39 is 0 Å². The molecule has 3 aliphatic carbocycles. The molecule has 1 aromatic heterocycles. The van der Waals surface area contributed by atoms with Gasteiger partial charge < -0.3 is 9.88 Å². The first-order chi connectivity index (χ1) is 11.3. The summed E-state index contributed by atoms with van der Waals surface area (Å²) in [5.41, 5.74) is 2.40. The number of rotatable bonds is 4. The summed E-state index contributed by atoms with van der Waals surface area (Å²) in [7, 11) is 0. The second-order valence-corrected chi connectivity index (χ2v) is 8.01. The van der Waals surface area contributed by atoms with Gasteiger partial charge >= 0.3 is 0 Å². The minimum Gasteiger partial charge on any atom is -0.327 e. The molecule has 1 aromatic carbocycles. The van der Waals surface area contributed by atoms with Crippen molar-refractivity contribution in [2.45, 2.75) is 51.6 Å². The third kappa shape index (κ3) is 2.16. The van der Waals surface area contributed by atoms with E-state index in [4.69, 9.17) is 0 Å². The molecule has 0 aliphatic heterocycles. The highest BCUT2D eigenvalue weighted by atomic mass is 15.1. The van der Waals surface area contributed by atoms with Crippen LogP contribution in [0.2, 0.25) is 0 Å². The van der Waals surface area contributed by atoms with Crippen molar-refractivity contribution < 1.29 is 0 Å². The number of aromatic nitrogens is 2. The lowest BCUT2D eigenvalue weighted by Gasteiger charge is -2.32. The van der Waals surface area contributed by atoms with E-state index in [0.29, 0.717) is 0 Å². The van der Waals surface area contributed by atoms with Crippen LogP contribution in [-0.4, -0.2) is 22.1 Å². The van der Waals surface area contributed by atoms with Crippen LogP contribution in [0, 0.1) is 30.6 Å². The Labute approximate surface area is 138 Å². The molecule has 3 fully saturated rings. The number of nitrogens with zero attached hydrogens (tertiary/aromatic N) is 2. The van der Waals surface area contributed by atoms with Gasteiger partial charge in [-0.05, 0) is 68.4 Å². The maximum Gasteiger partial charge on any atom is 0.106 e. The quantitative estimate of drug-likeness (QED) is 0.932. The Balaban J connectivity index is 1.25. The normalized spacial score (nSPS) is 35.3. The molecule has 1 N–H and O–H groups in total. The van der Waals surface area contributed by atoms with Crippen LogP contribution in [0.15, 0.2) is 24.3 Å². The molecule has 3 heteroatoms. The molecule has 3 nitrogen and oxygen atoms in total. The lowest BCUT2D eigenvalue weighted by atomic mass is 9.79. The zero-order valence-corrected chi connectivity index (χ0v) is 14.0. The van der Waals surface area contributed by atoms with Gasteiger partial charge in [0, 0.05) is 19.1 Å². The van der Waals surface area contributed by atoms with Gasteiger partial charge in [0.1, 0.15) is 5.82 Å². The SMILES string of the molecule is Cc1nc2ccccc2n1CCN[C@@H]1C[C@H]2C[C@H]1[C@@H]1CCC[C@@H]21. The fraction of sp³-hybridized carbons (Fsp3) is 0.650. The molecule has 5 atom stereocenters. The minimum absolute atomic E-state index is 0.787. The van der Waals surface area contributed by atoms with E-state index >= 15 is 0 Å². The third-order valence-corrected chi connectivity index (χ3v) is 7.02. The molecule has 3 aliphatic rings. The van der Waals surface area contributed by atoms with Crippen LogP contribution in [0.1, 0.15) is 37.9 Å². The van der Waals surface area contributed by atoms with Gasteiger partial charge in [-0.2, -0.15) is 0 Å². The Kier molecular flexibility index (Phi) is 3.26. The number of nitrogens with one attached hydrogen (secondary N) is 1. The van der Waals surface area contributed by atoms with Gasteiger partial charge in [-0.15, -0.1) is 0 Å². The molecule has 23 heavy (non-hydrogen) atoms. The zero-order chi connectivity index (χ0) is 15.4. The largest absolute Gasteiger partial charge is 0.327 e. The van der Waals surface area contributed by atoms with Crippen LogP contribution in [0.4, 0.5) is 0 Å². The van der Waals surface area contributed by atoms with E-state index in [1.165, 1.54) is 37.6 Å². The number of imidazole rings is 1. The molecule has 5 rings (SSSR count). The van der Waals surface area contributed by atoms with Crippen molar-refractivity contribution in [1.29, 1.82) is 0 Å². The third-order valence-electron chi connectivity index (χ3n) is 7.02. The van der Waals surface area contributed by atoms with Crippen molar-refractivity contribution in [1.82, 2.24) is 14.9 Å². The Hall–Kier alpha value is -1.35. The van der Waals surface area contributed by atoms with E-state index in [1.54, 1.807) is 0 Å². The van der Waals surface area contributed by atoms with E-state index in [-0.39, 0.29) is 0 Å². The van der Waals surface area contributed by atoms with Gasteiger partial charge in [0.25, 0.3) is 0 Å². The van der Waals surface area contributed by atoms with Gasteiger partial charge in [-0.3, -0.25) is 0 Å². The maximum atomic E-state index is 4.68. The first-order valence-electron chi connectivity index (χ1n) is 9.46. The minimum atomic E-state index is 0.787. The van der Waals surface area contributed by atoms with Crippen LogP contribution in [0.25, 0.3) is 11.0 Å². The molecule has 2 bridgehead atoms. The van der Waals surface area contributed by atoms with Crippen molar-refractivity contribution in [2.75, 3.05) is 6.54 Å². The van der Waals surface area contributed by atoms with Gasteiger partial charge in [-0.25, -0.2) is 4.98 Å². The Morgan fingerprint density at radius 1 is 1.13 bits per heavy atom. The molecule has 0 unspecified atom stereocenters. The van der Waals surface area contributed by atoms with E-state index in [0.717, 1.165) is 54.1 Å². The predicted octanol–water partition coefficient (Wildman–Crippen LogP) is 3.76. The first kappa shape index (κ1) is 14.0. The Morgan fingerprint density at radius 2 is 2.00 bits per heavy atom. The van der Waals surface area contributed by atoms with Crippen LogP contribution in [0.5, 0.6) is 0 Å². The lowest BCUT2D eigenvalue weighted by Crippen LogP contribution is -2.40. The van der Waals surface area contributed by atoms with Crippen molar-refractivity contribution in [2.24, 2.45) is 23.7 Å². The molecule has 2 aromatic rings. The molecule has 122 valence electrons. The number of benzene rings is 1. The van der Waals surface area contributed by atoms with E-state index in [2.05, 4.69) is 46.1 Å². The first-order valence-corrected chi connectivity index (χ1v) is 9.46. The summed E-state index contributed by atoms with van der Waals surface area (Å²) >= 11 is 0. The number of hydrogen-bond acceptors (Lipinski definition) is 2. The smallest absolute Gasteiger partial charge is 0.106 e. The Morgan fingerprint density at radius 3 is 2.96 bits per heavy atom. The number of aryl methyl sites for hydroxylation is 1. The monoisotopic (exact) mass is 309 g/mol. The highest BCUT2D eigenvalue weighted by Gasteiger charge is 2.53. The second-order valence-electron chi connectivity index (χ2n) is 8.01. The number of para-hydroxylation sites is 2. The maximum absolute atomic E-state index is 4.68. The number of fused-ring (bicyclic) bond motifs is 6. The molecule has 0 radical (unpaired) electrons. The molecule has 3 saturated carbocycles. The Bertz CT molecular complexity index is 719. The van der Waals surface area contributed by atoms with Gasteiger partial charge in [0.2, 0.25) is 0 Å². The fourth-order valence-electron chi connectivity index (χ4n) is 6.14. The zero-order valence-electron chi connectivity index (χ0n) is 14.0. The highest BCUT2D eigenvalue weighted by Crippen LogP contribution is 2.58. The average Bonchev–Trinajstić information content (AvgIpc) is 3.28. The van der Waals surface area contributed by atoms with Crippen molar-refractivity contribution in [3.63, 3.8) is 0 Å². The van der Waals surface area contributed by atoms with Crippen LogP contribution in [0.3, 0.4) is 0 Å². The summed E-state index contributed by atoms with van der Waals surface area (Å²) in [6, 6.07) is 9.28. The van der Waals surface area contributed by atoms with Crippen molar-refractivity contribution in [3.05, 3.63) is 30.1 Å². The van der Waals surface area contributed by atoms with Crippen LogP contribution >= 0.6 is 0 Å². The molecular weight excluding hydrogens is 282 g/mol. The summed E-state index contributed by atoms with van der Waals surface area (Å²) in [6.45, 7) is 4.24. The van der Waals surface area contributed by atoms with E-state index in [9.17, 15) is 0 Å². The summed E-state index contributed by atoms with van der Waals surface area (Å²) < 4.78 is 2.37. The summed E-state index contributed by atoms with van der Waals surface area (Å²) in [4.78, 5) is 4.68. The summed E-state index contributed by atoms with van der Waals surface area (Å²) in [5.74, 6) is 5.31. The molecule has 0 spiro atoms. The fourth-order valence-corrected chi connectivity index (χ4v) is 6.14. The van der Waals surface area contributed by atoms with Gasteiger partial charge in [0.15, 0.2) is 0 Å². The van der Waals surface area contributed by atoms with Crippen LogP contribution < -0.4 is 5.32 Å². The molecule has 0 saturated heterocycles. The summed E-state index contributed by atoms with van der Waals surface area (Å²) in [5, 5.41) is 3.91. The predicted molar refractivity (Wildman–Crippen MR) is 93.3 cm³/mol. The number of hydrogen-bond donors (Lipinski definition) is 1. The average molecular weight is 309 g/mol. The second kappa shape index (κ2) is 5.34.